The van der Waals surface area contributed by atoms with Gasteiger partial charge in [-0.1, -0.05) is 37.1 Å². The summed E-state index contributed by atoms with van der Waals surface area (Å²) in [5.74, 6) is 0. The Hall–Kier alpha value is -1.61. The van der Waals surface area contributed by atoms with Gasteiger partial charge >= 0.3 is 0 Å². The molecule has 0 unspecified atom stereocenters. The van der Waals surface area contributed by atoms with E-state index in [2.05, 4.69) is 59.5 Å². The molecule has 138 valence electrons. The second-order valence-electron chi connectivity index (χ2n) is 7.00. The third-order valence-electron chi connectivity index (χ3n) is 5.03. The van der Waals surface area contributed by atoms with Crippen molar-refractivity contribution in [1.29, 1.82) is 0 Å². The highest BCUT2D eigenvalue weighted by Gasteiger charge is 2.16. The van der Waals surface area contributed by atoms with Crippen LogP contribution >= 0.6 is 0 Å². The predicted octanol–water partition coefficient (Wildman–Crippen LogP) is 4.71. The number of anilines is 1. The summed E-state index contributed by atoms with van der Waals surface area (Å²) in [5, 5.41) is 0. The number of aliphatic imine (C=N–C) groups is 1. The van der Waals surface area contributed by atoms with Crippen LogP contribution in [0.3, 0.4) is 0 Å². The van der Waals surface area contributed by atoms with Crippen molar-refractivity contribution < 1.29 is 0 Å². The van der Waals surface area contributed by atoms with Crippen LogP contribution in [0.5, 0.6) is 0 Å². The summed E-state index contributed by atoms with van der Waals surface area (Å²) >= 11 is 0. The zero-order chi connectivity index (χ0) is 17.9. The Morgan fingerprint density at radius 3 is 2.36 bits per heavy atom. The fourth-order valence-electron chi connectivity index (χ4n) is 3.43. The number of hydrogen-bond acceptors (Lipinski definition) is 3. The minimum atomic E-state index is 0.871. The molecule has 2 rings (SSSR count). The standard InChI is InChI=1S/C22H35N3/c1-4-21(23-5-2)10-8-6-7-9-15-24-16-18-25(19-17-24)22-13-11-20(3)12-14-22/h4,11-14H,1,5-10,15-19H2,2-3H3. The normalized spacial score (nSPS) is 16.2. The average Bonchev–Trinajstić information content (AvgIpc) is 2.65. The molecule has 0 spiro atoms. The fourth-order valence-corrected chi connectivity index (χ4v) is 3.43. The van der Waals surface area contributed by atoms with Gasteiger partial charge in [-0.25, -0.2) is 0 Å². The fraction of sp³-hybridized carbons (Fsp3) is 0.591. The topological polar surface area (TPSA) is 18.8 Å². The third kappa shape index (κ3) is 7.03. The van der Waals surface area contributed by atoms with E-state index >= 15 is 0 Å². The van der Waals surface area contributed by atoms with Crippen molar-refractivity contribution in [2.24, 2.45) is 4.99 Å². The van der Waals surface area contributed by atoms with Gasteiger partial charge in [-0.05, 0) is 57.9 Å². The number of rotatable bonds is 10. The zero-order valence-electron chi connectivity index (χ0n) is 16.2. The Balaban J connectivity index is 1.56. The van der Waals surface area contributed by atoms with Crippen LogP contribution in [-0.4, -0.2) is 49.9 Å². The molecule has 0 bridgehead atoms. The van der Waals surface area contributed by atoms with Crippen LogP contribution in [0.15, 0.2) is 41.9 Å². The van der Waals surface area contributed by atoms with E-state index in [9.17, 15) is 0 Å². The zero-order valence-corrected chi connectivity index (χ0v) is 16.2. The molecular formula is C22H35N3. The van der Waals surface area contributed by atoms with Crippen molar-refractivity contribution in [1.82, 2.24) is 4.90 Å². The Morgan fingerprint density at radius 2 is 1.72 bits per heavy atom. The first-order valence-electron chi connectivity index (χ1n) is 9.92. The summed E-state index contributed by atoms with van der Waals surface area (Å²) in [7, 11) is 0. The second-order valence-corrected chi connectivity index (χ2v) is 7.00. The number of aryl methyl sites for hydroxylation is 1. The third-order valence-corrected chi connectivity index (χ3v) is 5.03. The van der Waals surface area contributed by atoms with E-state index in [0.29, 0.717) is 0 Å². The maximum atomic E-state index is 4.46. The summed E-state index contributed by atoms with van der Waals surface area (Å²) in [6.45, 7) is 14.9. The molecule has 1 aliphatic rings. The minimum Gasteiger partial charge on any atom is -0.369 e. The Bertz CT molecular complexity index is 525. The summed E-state index contributed by atoms with van der Waals surface area (Å²) in [6, 6.07) is 8.93. The molecule has 3 heteroatoms. The minimum absolute atomic E-state index is 0.871. The Morgan fingerprint density at radius 1 is 1.04 bits per heavy atom. The van der Waals surface area contributed by atoms with Gasteiger partial charge in [0.1, 0.15) is 0 Å². The first-order chi connectivity index (χ1) is 12.2. The highest BCUT2D eigenvalue weighted by atomic mass is 15.3. The van der Waals surface area contributed by atoms with E-state index in [0.717, 1.165) is 26.1 Å². The van der Waals surface area contributed by atoms with Crippen molar-refractivity contribution in [2.75, 3.05) is 44.2 Å². The molecule has 1 heterocycles. The highest BCUT2D eigenvalue weighted by molar-refractivity contribution is 5.94. The quantitative estimate of drug-likeness (QED) is 0.453. The highest BCUT2D eigenvalue weighted by Crippen LogP contribution is 2.17. The second kappa shape index (κ2) is 11.1. The molecule has 0 radical (unpaired) electrons. The van der Waals surface area contributed by atoms with Crippen molar-refractivity contribution in [3.8, 4) is 0 Å². The molecule has 3 nitrogen and oxygen atoms in total. The number of allylic oxidation sites excluding steroid dienone is 1. The number of piperazine rings is 1. The summed E-state index contributed by atoms with van der Waals surface area (Å²) in [6.07, 6.45) is 8.20. The summed E-state index contributed by atoms with van der Waals surface area (Å²) in [4.78, 5) is 9.59. The number of nitrogens with zero attached hydrogens (tertiary/aromatic N) is 3. The maximum Gasteiger partial charge on any atom is 0.0367 e. The number of benzene rings is 1. The Labute approximate surface area is 154 Å². The molecule has 0 aromatic heterocycles. The number of unbranched alkanes of at least 4 members (excludes halogenated alkanes) is 3. The van der Waals surface area contributed by atoms with Crippen LogP contribution in [0.4, 0.5) is 5.69 Å². The molecule has 0 amide bonds. The molecule has 0 saturated carbocycles. The molecular weight excluding hydrogens is 306 g/mol. The van der Waals surface area contributed by atoms with Gasteiger partial charge in [0.2, 0.25) is 0 Å². The molecule has 1 aromatic carbocycles. The van der Waals surface area contributed by atoms with E-state index in [1.807, 2.05) is 6.08 Å². The van der Waals surface area contributed by atoms with Crippen molar-refractivity contribution in [2.45, 2.75) is 46.0 Å². The van der Waals surface area contributed by atoms with Gasteiger partial charge in [0.05, 0.1) is 0 Å². The van der Waals surface area contributed by atoms with Gasteiger partial charge in [0.15, 0.2) is 0 Å². The van der Waals surface area contributed by atoms with Crippen LogP contribution in [-0.2, 0) is 0 Å². The lowest BCUT2D eigenvalue weighted by molar-refractivity contribution is 0.252. The van der Waals surface area contributed by atoms with E-state index in [4.69, 9.17) is 0 Å². The smallest absolute Gasteiger partial charge is 0.0367 e. The maximum absolute atomic E-state index is 4.46. The monoisotopic (exact) mass is 341 g/mol. The summed E-state index contributed by atoms with van der Waals surface area (Å²) in [5.41, 5.74) is 3.88. The molecule has 1 fully saturated rings. The lowest BCUT2D eigenvalue weighted by atomic mass is 10.1. The Kier molecular flexibility index (Phi) is 8.75. The van der Waals surface area contributed by atoms with Gasteiger partial charge in [-0.3, -0.25) is 9.89 Å². The molecule has 1 aromatic rings. The SMILES string of the molecule is C=CC(CCCCCCN1CCN(c2ccc(C)cc2)CC1)=NCC. The summed E-state index contributed by atoms with van der Waals surface area (Å²) < 4.78 is 0. The van der Waals surface area contributed by atoms with Crippen LogP contribution in [0.1, 0.15) is 44.6 Å². The van der Waals surface area contributed by atoms with Crippen molar-refractivity contribution in [3.63, 3.8) is 0 Å². The molecule has 0 aliphatic carbocycles. The first-order valence-corrected chi connectivity index (χ1v) is 9.92. The largest absolute Gasteiger partial charge is 0.369 e. The van der Waals surface area contributed by atoms with Gasteiger partial charge in [0.25, 0.3) is 0 Å². The average molecular weight is 342 g/mol. The molecule has 0 N–H and O–H groups in total. The molecule has 1 saturated heterocycles. The van der Waals surface area contributed by atoms with Crippen LogP contribution in [0.25, 0.3) is 0 Å². The lowest BCUT2D eigenvalue weighted by Gasteiger charge is -2.36. The van der Waals surface area contributed by atoms with Gasteiger partial charge in [-0.15, -0.1) is 0 Å². The molecule has 0 atom stereocenters. The first kappa shape index (κ1) is 19.7. The molecule has 25 heavy (non-hydrogen) atoms. The van der Waals surface area contributed by atoms with Crippen LogP contribution < -0.4 is 4.90 Å². The van der Waals surface area contributed by atoms with Crippen molar-refractivity contribution in [3.05, 3.63) is 42.5 Å². The van der Waals surface area contributed by atoms with Crippen molar-refractivity contribution >= 4 is 11.4 Å². The van der Waals surface area contributed by atoms with Crippen LogP contribution in [0.2, 0.25) is 0 Å². The van der Waals surface area contributed by atoms with Gasteiger partial charge in [-0.2, -0.15) is 0 Å². The lowest BCUT2D eigenvalue weighted by Crippen LogP contribution is -2.46. The molecule has 1 aliphatic heterocycles. The van der Waals surface area contributed by atoms with Crippen LogP contribution in [0, 0.1) is 6.92 Å². The van der Waals surface area contributed by atoms with E-state index in [1.165, 1.54) is 62.3 Å². The van der Waals surface area contributed by atoms with Gasteiger partial charge < -0.3 is 4.90 Å². The van der Waals surface area contributed by atoms with E-state index in [1.54, 1.807) is 0 Å². The van der Waals surface area contributed by atoms with Gasteiger partial charge in [0, 0.05) is 44.1 Å². The van der Waals surface area contributed by atoms with E-state index < -0.39 is 0 Å². The predicted molar refractivity (Wildman–Crippen MR) is 111 cm³/mol. The van der Waals surface area contributed by atoms with E-state index in [-0.39, 0.29) is 0 Å². The number of hydrogen-bond donors (Lipinski definition) is 0.